The Labute approximate surface area is 154 Å². The largest absolute Gasteiger partial charge is 0.461 e. The molecule has 1 saturated carbocycles. The molecule has 1 aromatic carbocycles. The summed E-state index contributed by atoms with van der Waals surface area (Å²) in [5.41, 5.74) is 0.215. The molecule has 1 fully saturated rings. The Hall–Kier alpha value is -2.80. The third-order valence-electron chi connectivity index (χ3n) is 4.25. The molecule has 0 unspecified atom stereocenters. The Morgan fingerprint density at radius 2 is 2.08 bits per heavy atom. The number of carbonyl (C=O) groups excluding carboxylic acids is 1. The average molecular weight is 373 g/mol. The molecule has 1 N–H and O–H groups in total. The summed E-state index contributed by atoms with van der Waals surface area (Å²) in [7, 11) is 0. The fourth-order valence-corrected chi connectivity index (χ4v) is 3.04. The van der Waals surface area contributed by atoms with Crippen molar-refractivity contribution in [3.8, 4) is 11.6 Å². The topological polar surface area (TPSA) is 82.1 Å². The molecule has 1 aliphatic rings. The highest BCUT2D eigenvalue weighted by Gasteiger charge is 2.31. The van der Waals surface area contributed by atoms with Gasteiger partial charge in [-0.25, -0.2) is 9.48 Å². The lowest BCUT2D eigenvalue weighted by molar-refractivity contribution is 0.0952. The summed E-state index contributed by atoms with van der Waals surface area (Å²) in [6.07, 6.45) is 3.48. The van der Waals surface area contributed by atoms with E-state index in [1.165, 1.54) is 4.68 Å². The van der Waals surface area contributed by atoms with Crippen LogP contribution in [0.15, 0.2) is 51.9 Å². The lowest BCUT2D eigenvalue weighted by Gasteiger charge is -2.06. The molecule has 2 aromatic heterocycles. The van der Waals surface area contributed by atoms with Gasteiger partial charge in [0.2, 0.25) is 5.82 Å². The summed E-state index contributed by atoms with van der Waals surface area (Å²) in [6, 6.07) is 10.5. The molecule has 2 heterocycles. The fourth-order valence-electron chi connectivity index (χ4n) is 2.82. The third kappa shape index (κ3) is 3.17. The monoisotopic (exact) mass is 372 g/mol. The van der Waals surface area contributed by atoms with Crippen LogP contribution in [0.1, 0.15) is 29.2 Å². The van der Waals surface area contributed by atoms with Gasteiger partial charge in [0.1, 0.15) is 0 Å². The van der Waals surface area contributed by atoms with Crippen LogP contribution in [0.25, 0.3) is 11.6 Å². The van der Waals surface area contributed by atoms with Gasteiger partial charge in [-0.2, -0.15) is 0 Å². The number of furan rings is 1. The van der Waals surface area contributed by atoms with Crippen molar-refractivity contribution in [2.24, 2.45) is 0 Å². The highest BCUT2D eigenvalue weighted by molar-refractivity contribution is 6.33. The zero-order chi connectivity index (χ0) is 18.1. The van der Waals surface area contributed by atoms with Crippen molar-refractivity contribution in [1.29, 1.82) is 0 Å². The minimum Gasteiger partial charge on any atom is -0.461 e. The van der Waals surface area contributed by atoms with Gasteiger partial charge in [0.05, 0.1) is 23.4 Å². The number of rotatable bonds is 6. The molecule has 4 rings (SSSR count). The highest BCUT2D eigenvalue weighted by atomic mass is 35.5. The summed E-state index contributed by atoms with van der Waals surface area (Å²) in [5, 5.41) is 7.55. The first-order chi connectivity index (χ1) is 12.6. The van der Waals surface area contributed by atoms with E-state index in [9.17, 15) is 9.59 Å². The average Bonchev–Trinajstić information content (AvgIpc) is 3.21. The number of halogens is 1. The molecular weight excluding hydrogens is 356 g/mol. The molecule has 1 aliphatic carbocycles. The van der Waals surface area contributed by atoms with Crippen LogP contribution in [0.3, 0.4) is 0 Å². The standard InChI is InChI=1S/C18H17ClN4O3/c19-14-5-2-1-4-13(14)17(24)20-9-10-22-18(25)23(12-7-8-12)16(21-22)15-6-3-11-26-15/h1-6,11-12H,7-10H2,(H,20,24). The first-order valence-corrected chi connectivity index (χ1v) is 8.79. The quantitative estimate of drug-likeness (QED) is 0.721. The fraction of sp³-hybridized carbons (Fsp3) is 0.278. The van der Waals surface area contributed by atoms with Crippen LogP contribution >= 0.6 is 11.6 Å². The number of benzene rings is 1. The second-order valence-corrected chi connectivity index (χ2v) is 6.55. The highest BCUT2D eigenvalue weighted by Crippen LogP contribution is 2.36. The van der Waals surface area contributed by atoms with Crippen LogP contribution in [0.4, 0.5) is 0 Å². The number of amides is 1. The van der Waals surface area contributed by atoms with Crippen molar-refractivity contribution >= 4 is 17.5 Å². The maximum atomic E-state index is 12.7. The van der Waals surface area contributed by atoms with Crippen molar-refractivity contribution in [2.45, 2.75) is 25.4 Å². The molecule has 8 heteroatoms. The Balaban J connectivity index is 1.49. The molecular formula is C18H17ClN4O3. The molecule has 7 nitrogen and oxygen atoms in total. The van der Waals surface area contributed by atoms with E-state index in [0.717, 1.165) is 12.8 Å². The molecule has 0 atom stereocenters. The SMILES string of the molecule is O=C(NCCn1nc(-c2ccco2)n(C2CC2)c1=O)c1ccccc1Cl. The molecule has 134 valence electrons. The maximum absolute atomic E-state index is 12.7. The molecule has 1 amide bonds. The smallest absolute Gasteiger partial charge is 0.346 e. The van der Waals surface area contributed by atoms with E-state index in [0.29, 0.717) is 22.2 Å². The van der Waals surface area contributed by atoms with Gasteiger partial charge in [0.25, 0.3) is 5.91 Å². The van der Waals surface area contributed by atoms with Crippen LogP contribution in [0, 0.1) is 0 Å². The number of nitrogens with one attached hydrogen (secondary N) is 1. The molecule has 0 saturated heterocycles. The van der Waals surface area contributed by atoms with Crippen molar-refractivity contribution in [1.82, 2.24) is 19.7 Å². The second kappa shape index (κ2) is 6.84. The first-order valence-electron chi connectivity index (χ1n) is 8.41. The molecule has 26 heavy (non-hydrogen) atoms. The molecule has 3 aromatic rings. The van der Waals surface area contributed by atoms with Crippen LogP contribution in [-0.2, 0) is 6.54 Å². The second-order valence-electron chi connectivity index (χ2n) is 6.14. The van der Waals surface area contributed by atoms with Gasteiger partial charge in [-0.15, -0.1) is 5.10 Å². The normalized spacial score (nSPS) is 13.7. The zero-order valence-corrected chi connectivity index (χ0v) is 14.6. The lowest BCUT2D eigenvalue weighted by Crippen LogP contribution is -2.32. The van der Waals surface area contributed by atoms with Crippen molar-refractivity contribution < 1.29 is 9.21 Å². The Morgan fingerprint density at radius 3 is 2.77 bits per heavy atom. The minimum absolute atomic E-state index is 0.175. The Kier molecular flexibility index (Phi) is 4.38. The maximum Gasteiger partial charge on any atom is 0.346 e. The summed E-state index contributed by atoms with van der Waals surface area (Å²) in [6.45, 7) is 0.533. The third-order valence-corrected chi connectivity index (χ3v) is 4.58. The van der Waals surface area contributed by atoms with Crippen LogP contribution < -0.4 is 11.0 Å². The van der Waals surface area contributed by atoms with E-state index < -0.39 is 0 Å². The molecule has 0 spiro atoms. The van der Waals surface area contributed by atoms with Crippen LogP contribution in [0.2, 0.25) is 5.02 Å². The van der Waals surface area contributed by atoms with Gasteiger partial charge >= 0.3 is 5.69 Å². The van der Waals surface area contributed by atoms with Crippen molar-refractivity contribution in [3.05, 3.63) is 63.7 Å². The van der Waals surface area contributed by atoms with E-state index in [1.807, 2.05) is 0 Å². The van der Waals surface area contributed by atoms with E-state index in [1.54, 1.807) is 47.2 Å². The number of hydrogen-bond acceptors (Lipinski definition) is 4. The van der Waals surface area contributed by atoms with Crippen molar-refractivity contribution in [3.63, 3.8) is 0 Å². The van der Waals surface area contributed by atoms with Gasteiger partial charge in [0.15, 0.2) is 5.76 Å². The minimum atomic E-state index is -0.281. The summed E-state index contributed by atoms with van der Waals surface area (Å²) in [4.78, 5) is 24.8. The predicted octanol–water partition coefficient (Wildman–Crippen LogP) is 2.72. The van der Waals surface area contributed by atoms with Crippen LogP contribution in [-0.4, -0.2) is 26.8 Å². The number of aromatic nitrogens is 3. The molecule has 0 aliphatic heterocycles. The van der Waals surface area contributed by atoms with E-state index in [4.69, 9.17) is 16.0 Å². The van der Waals surface area contributed by atoms with E-state index in [-0.39, 0.29) is 30.7 Å². The molecule has 0 bridgehead atoms. The van der Waals surface area contributed by atoms with Gasteiger partial charge < -0.3 is 9.73 Å². The predicted molar refractivity (Wildman–Crippen MR) is 96.2 cm³/mol. The Bertz CT molecular complexity index is 986. The van der Waals surface area contributed by atoms with Gasteiger partial charge in [-0.3, -0.25) is 9.36 Å². The zero-order valence-electron chi connectivity index (χ0n) is 13.9. The summed E-state index contributed by atoms with van der Waals surface area (Å²) in [5.74, 6) is 0.810. The summed E-state index contributed by atoms with van der Waals surface area (Å²) < 4.78 is 8.44. The number of nitrogens with zero attached hydrogens (tertiary/aromatic N) is 3. The molecule has 0 radical (unpaired) electrons. The van der Waals surface area contributed by atoms with Gasteiger partial charge in [-0.05, 0) is 37.1 Å². The summed E-state index contributed by atoms with van der Waals surface area (Å²) >= 11 is 6.02. The number of carbonyl (C=O) groups is 1. The van der Waals surface area contributed by atoms with E-state index >= 15 is 0 Å². The lowest BCUT2D eigenvalue weighted by atomic mass is 10.2. The Morgan fingerprint density at radius 1 is 1.27 bits per heavy atom. The van der Waals surface area contributed by atoms with Gasteiger partial charge in [0, 0.05) is 12.6 Å². The van der Waals surface area contributed by atoms with E-state index in [2.05, 4.69) is 10.4 Å². The van der Waals surface area contributed by atoms with Crippen molar-refractivity contribution in [2.75, 3.05) is 6.54 Å². The van der Waals surface area contributed by atoms with Crippen LogP contribution in [0.5, 0.6) is 0 Å². The number of hydrogen-bond donors (Lipinski definition) is 1. The first kappa shape index (κ1) is 16.7. The van der Waals surface area contributed by atoms with Gasteiger partial charge in [-0.1, -0.05) is 23.7 Å².